The Kier molecular flexibility index (Phi) is 5.60. The van der Waals surface area contributed by atoms with Crippen LogP contribution >= 0.6 is 11.3 Å². The number of hydrogen-bond acceptors (Lipinski definition) is 5. The van der Waals surface area contributed by atoms with Gasteiger partial charge < -0.3 is 5.32 Å². The van der Waals surface area contributed by atoms with Crippen molar-refractivity contribution in [3.05, 3.63) is 21.9 Å². The summed E-state index contributed by atoms with van der Waals surface area (Å²) in [5.41, 5.74) is 0. The molecule has 0 spiro atoms. The molecule has 0 aromatic carbocycles. The standard InChI is InChI=1S/C14H23N3O3S2/c1-11-4-5-13(21-11)10-16-6-7-17(22(3,19)20)9-12(8-16)14(18)15-2/h4-5,12H,6-10H2,1-3H3,(H,15,18). The minimum Gasteiger partial charge on any atom is -0.359 e. The van der Waals surface area contributed by atoms with E-state index in [0.29, 0.717) is 19.6 Å². The van der Waals surface area contributed by atoms with E-state index in [9.17, 15) is 13.2 Å². The number of thiophene rings is 1. The maximum absolute atomic E-state index is 12.0. The smallest absolute Gasteiger partial charge is 0.225 e. The van der Waals surface area contributed by atoms with Gasteiger partial charge in [0.1, 0.15) is 0 Å². The lowest BCUT2D eigenvalue weighted by Gasteiger charge is -2.22. The van der Waals surface area contributed by atoms with Crippen LogP contribution in [0, 0.1) is 12.8 Å². The Morgan fingerprint density at radius 1 is 1.36 bits per heavy atom. The molecule has 6 nitrogen and oxygen atoms in total. The Morgan fingerprint density at radius 3 is 2.64 bits per heavy atom. The highest BCUT2D eigenvalue weighted by atomic mass is 32.2. The molecule has 1 aromatic heterocycles. The van der Waals surface area contributed by atoms with E-state index in [4.69, 9.17) is 0 Å². The molecule has 1 aliphatic heterocycles. The lowest BCUT2D eigenvalue weighted by Crippen LogP contribution is -2.41. The predicted molar refractivity (Wildman–Crippen MR) is 88.3 cm³/mol. The summed E-state index contributed by atoms with van der Waals surface area (Å²) >= 11 is 1.74. The summed E-state index contributed by atoms with van der Waals surface area (Å²) in [7, 11) is -1.70. The molecule has 1 fully saturated rings. The lowest BCUT2D eigenvalue weighted by molar-refractivity contribution is -0.125. The average Bonchev–Trinajstić information content (AvgIpc) is 2.72. The average molecular weight is 345 g/mol. The molecule has 1 unspecified atom stereocenters. The molecule has 0 radical (unpaired) electrons. The SMILES string of the molecule is CNC(=O)C1CN(Cc2ccc(C)s2)CCN(S(C)(=O)=O)C1. The Morgan fingerprint density at radius 2 is 2.09 bits per heavy atom. The molecular formula is C14H23N3O3S2. The summed E-state index contributed by atoms with van der Waals surface area (Å²) < 4.78 is 25.1. The highest BCUT2D eigenvalue weighted by Gasteiger charge is 2.31. The molecular weight excluding hydrogens is 322 g/mol. The quantitative estimate of drug-likeness (QED) is 0.863. The molecule has 124 valence electrons. The van der Waals surface area contributed by atoms with Gasteiger partial charge in [0.15, 0.2) is 0 Å². The first-order valence-electron chi connectivity index (χ1n) is 7.24. The Bertz CT molecular complexity index is 627. The molecule has 1 saturated heterocycles. The predicted octanol–water partition coefficient (Wildman–Crippen LogP) is 0.496. The van der Waals surface area contributed by atoms with Crippen LogP contribution in [0.2, 0.25) is 0 Å². The summed E-state index contributed by atoms with van der Waals surface area (Å²) in [6, 6.07) is 4.17. The first-order chi connectivity index (χ1) is 10.3. The van der Waals surface area contributed by atoms with Gasteiger partial charge in [0.05, 0.1) is 12.2 Å². The second-order valence-corrected chi connectivity index (χ2v) is 9.03. The Labute approximate surface area is 136 Å². The van der Waals surface area contributed by atoms with Crippen LogP contribution in [0.4, 0.5) is 0 Å². The van der Waals surface area contributed by atoms with Crippen LogP contribution in [-0.4, -0.2) is 63.0 Å². The highest BCUT2D eigenvalue weighted by Crippen LogP contribution is 2.20. The number of sulfonamides is 1. The summed E-state index contributed by atoms with van der Waals surface area (Å²) in [4.78, 5) is 16.7. The number of aryl methyl sites for hydroxylation is 1. The zero-order valence-electron chi connectivity index (χ0n) is 13.2. The minimum absolute atomic E-state index is 0.108. The van der Waals surface area contributed by atoms with Crippen molar-refractivity contribution >= 4 is 27.3 Å². The van der Waals surface area contributed by atoms with Crippen molar-refractivity contribution in [3.63, 3.8) is 0 Å². The van der Waals surface area contributed by atoms with Gasteiger partial charge in [-0.2, -0.15) is 0 Å². The molecule has 1 atom stereocenters. The number of rotatable bonds is 4. The van der Waals surface area contributed by atoms with E-state index in [-0.39, 0.29) is 18.4 Å². The highest BCUT2D eigenvalue weighted by molar-refractivity contribution is 7.88. The molecule has 0 bridgehead atoms. The molecule has 1 amide bonds. The van der Waals surface area contributed by atoms with Crippen molar-refractivity contribution < 1.29 is 13.2 Å². The van der Waals surface area contributed by atoms with Crippen LogP contribution in [0.5, 0.6) is 0 Å². The third-order valence-electron chi connectivity index (χ3n) is 3.83. The number of hydrogen-bond donors (Lipinski definition) is 1. The van der Waals surface area contributed by atoms with Crippen LogP contribution in [-0.2, 0) is 21.4 Å². The van der Waals surface area contributed by atoms with Crippen molar-refractivity contribution in [2.75, 3.05) is 39.5 Å². The number of nitrogens with one attached hydrogen (secondary N) is 1. The maximum atomic E-state index is 12.0. The van der Waals surface area contributed by atoms with Gasteiger partial charge in [0, 0.05) is 49.5 Å². The van der Waals surface area contributed by atoms with Crippen molar-refractivity contribution in [2.24, 2.45) is 5.92 Å². The molecule has 2 heterocycles. The van der Waals surface area contributed by atoms with E-state index in [1.54, 1.807) is 18.4 Å². The summed E-state index contributed by atoms with van der Waals surface area (Å²) in [5, 5.41) is 2.64. The first kappa shape index (κ1) is 17.4. The summed E-state index contributed by atoms with van der Waals surface area (Å²) in [6.07, 6.45) is 1.20. The monoisotopic (exact) mass is 345 g/mol. The number of nitrogens with zero attached hydrogens (tertiary/aromatic N) is 2. The van der Waals surface area contributed by atoms with Crippen molar-refractivity contribution in [3.8, 4) is 0 Å². The number of carbonyl (C=O) groups excluding carboxylic acids is 1. The molecule has 22 heavy (non-hydrogen) atoms. The van der Waals surface area contributed by atoms with Gasteiger partial charge in [0.25, 0.3) is 0 Å². The van der Waals surface area contributed by atoms with E-state index in [0.717, 1.165) is 6.54 Å². The fraction of sp³-hybridized carbons (Fsp3) is 0.643. The van der Waals surface area contributed by atoms with Gasteiger partial charge in [0.2, 0.25) is 15.9 Å². The van der Waals surface area contributed by atoms with Crippen LogP contribution in [0.15, 0.2) is 12.1 Å². The van der Waals surface area contributed by atoms with E-state index >= 15 is 0 Å². The normalized spacial score (nSPS) is 21.5. The zero-order valence-corrected chi connectivity index (χ0v) is 14.8. The van der Waals surface area contributed by atoms with E-state index in [2.05, 4.69) is 29.3 Å². The van der Waals surface area contributed by atoms with Gasteiger partial charge >= 0.3 is 0 Å². The molecule has 0 saturated carbocycles. The van der Waals surface area contributed by atoms with Crippen LogP contribution < -0.4 is 5.32 Å². The maximum Gasteiger partial charge on any atom is 0.225 e. The molecule has 2 rings (SSSR count). The largest absolute Gasteiger partial charge is 0.359 e. The van der Waals surface area contributed by atoms with Crippen molar-refractivity contribution in [1.29, 1.82) is 0 Å². The van der Waals surface area contributed by atoms with Crippen LogP contribution in [0.1, 0.15) is 9.75 Å². The zero-order chi connectivity index (χ0) is 16.3. The second kappa shape index (κ2) is 7.08. The number of amides is 1. The third kappa shape index (κ3) is 4.52. The third-order valence-corrected chi connectivity index (χ3v) is 6.09. The van der Waals surface area contributed by atoms with Crippen LogP contribution in [0.25, 0.3) is 0 Å². The van der Waals surface area contributed by atoms with Gasteiger partial charge in [-0.1, -0.05) is 0 Å². The molecule has 8 heteroatoms. The first-order valence-corrected chi connectivity index (χ1v) is 9.90. The molecule has 1 N–H and O–H groups in total. The second-order valence-electron chi connectivity index (χ2n) is 5.68. The van der Waals surface area contributed by atoms with E-state index in [1.165, 1.54) is 20.3 Å². The van der Waals surface area contributed by atoms with Gasteiger partial charge in [-0.15, -0.1) is 11.3 Å². The van der Waals surface area contributed by atoms with Crippen molar-refractivity contribution in [2.45, 2.75) is 13.5 Å². The Balaban J connectivity index is 2.14. The summed E-state index contributed by atoms with van der Waals surface area (Å²) in [5.74, 6) is -0.453. The molecule has 1 aliphatic rings. The number of carbonyl (C=O) groups is 1. The summed E-state index contributed by atoms with van der Waals surface area (Å²) in [6.45, 7) is 4.70. The van der Waals surface area contributed by atoms with Gasteiger partial charge in [-0.05, 0) is 19.1 Å². The van der Waals surface area contributed by atoms with Gasteiger partial charge in [-0.25, -0.2) is 12.7 Å². The van der Waals surface area contributed by atoms with Gasteiger partial charge in [-0.3, -0.25) is 9.69 Å². The fourth-order valence-corrected chi connectivity index (χ4v) is 4.45. The van der Waals surface area contributed by atoms with E-state index < -0.39 is 10.0 Å². The minimum atomic E-state index is -3.29. The lowest BCUT2D eigenvalue weighted by atomic mass is 10.1. The fourth-order valence-electron chi connectivity index (χ4n) is 2.66. The van der Waals surface area contributed by atoms with Crippen LogP contribution in [0.3, 0.4) is 0 Å². The van der Waals surface area contributed by atoms with Crippen molar-refractivity contribution in [1.82, 2.24) is 14.5 Å². The molecule has 0 aliphatic carbocycles. The Hall–Kier alpha value is -0.960. The topological polar surface area (TPSA) is 69.7 Å². The van der Waals surface area contributed by atoms with E-state index in [1.807, 2.05) is 0 Å². The molecule has 1 aromatic rings.